The van der Waals surface area contributed by atoms with E-state index in [1.54, 1.807) is 18.2 Å². The molecule has 0 radical (unpaired) electrons. The molecule has 0 aliphatic carbocycles. The Hall–Kier alpha value is -1.71. The van der Waals surface area contributed by atoms with Gasteiger partial charge in [-0.15, -0.1) is 4.91 Å². The van der Waals surface area contributed by atoms with Gasteiger partial charge in [-0.05, 0) is 17.3 Å². The molecule has 0 spiro atoms. The maximum Gasteiger partial charge on any atom is 0.253 e. The Labute approximate surface area is 69.6 Å². The van der Waals surface area contributed by atoms with E-state index in [2.05, 4.69) is 10.5 Å². The van der Waals surface area contributed by atoms with Gasteiger partial charge in [-0.1, -0.05) is 12.1 Å². The number of nitroso groups, excluding NO2 is 1. The third kappa shape index (κ3) is 1.47. The summed E-state index contributed by atoms with van der Waals surface area (Å²) in [5, 5.41) is 5.15. The van der Waals surface area contributed by atoms with E-state index in [1.807, 2.05) is 0 Å². The highest BCUT2D eigenvalue weighted by molar-refractivity contribution is 5.98. The van der Waals surface area contributed by atoms with Crippen molar-refractivity contribution in [1.82, 2.24) is 5.32 Å². The van der Waals surface area contributed by atoms with Gasteiger partial charge in [-0.3, -0.25) is 4.79 Å². The average Bonchev–Trinajstić information content (AvgIpc) is 2.16. The van der Waals surface area contributed by atoms with Crippen molar-refractivity contribution in [2.75, 3.05) is 7.05 Å². The molecule has 0 fully saturated rings. The minimum atomic E-state index is -0.301. The summed E-state index contributed by atoms with van der Waals surface area (Å²) in [6.07, 6.45) is 0. The highest BCUT2D eigenvalue weighted by atomic mass is 16.3. The Morgan fingerprint density at radius 2 is 2.08 bits per heavy atom. The Bertz CT molecular complexity index is 310. The quantitative estimate of drug-likeness (QED) is 0.672. The van der Waals surface area contributed by atoms with Crippen molar-refractivity contribution in [2.24, 2.45) is 5.18 Å². The zero-order valence-corrected chi connectivity index (χ0v) is 6.57. The van der Waals surface area contributed by atoms with Gasteiger partial charge in [0.2, 0.25) is 0 Å². The molecule has 1 aromatic carbocycles. The maximum atomic E-state index is 11.1. The maximum absolute atomic E-state index is 11.1. The molecular weight excluding hydrogens is 156 g/mol. The second-order valence-corrected chi connectivity index (χ2v) is 2.19. The summed E-state index contributed by atoms with van der Waals surface area (Å²) in [5.74, 6) is -0.301. The van der Waals surface area contributed by atoms with Gasteiger partial charge in [0, 0.05) is 7.05 Å². The summed E-state index contributed by atoms with van der Waals surface area (Å²) >= 11 is 0. The van der Waals surface area contributed by atoms with Gasteiger partial charge in [0.1, 0.15) is 5.69 Å². The summed E-state index contributed by atoms with van der Waals surface area (Å²) in [6, 6.07) is 6.38. The summed E-state index contributed by atoms with van der Waals surface area (Å²) in [6.45, 7) is 0. The van der Waals surface area contributed by atoms with E-state index in [-0.39, 0.29) is 11.6 Å². The number of nitrogens with zero attached hydrogens (tertiary/aromatic N) is 1. The van der Waals surface area contributed by atoms with Gasteiger partial charge in [0.15, 0.2) is 0 Å². The number of benzene rings is 1. The van der Waals surface area contributed by atoms with Gasteiger partial charge >= 0.3 is 0 Å². The van der Waals surface area contributed by atoms with Crippen molar-refractivity contribution < 1.29 is 4.79 Å². The van der Waals surface area contributed by atoms with Crippen molar-refractivity contribution in [1.29, 1.82) is 0 Å². The van der Waals surface area contributed by atoms with Crippen molar-refractivity contribution in [3.05, 3.63) is 34.7 Å². The lowest BCUT2D eigenvalue weighted by molar-refractivity contribution is 0.0964. The molecule has 4 heteroatoms. The second kappa shape index (κ2) is 3.61. The molecule has 0 unspecified atom stereocenters. The van der Waals surface area contributed by atoms with Crippen LogP contribution in [0.1, 0.15) is 10.4 Å². The summed E-state index contributed by atoms with van der Waals surface area (Å²) < 4.78 is 0. The van der Waals surface area contributed by atoms with E-state index < -0.39 is 0 Å². The fraction of sp³-hybridized carbons (Fsp3) is 0.125. The van der Waals surface area contributed by atoms with E-state index in [9.17, 15) is 9.70 Å². The van der Waals surface area contributed by atoms with Gasteiger partial charge in [-0.2, -0.15) is 0 Å². The molecule has 0 aliphatic rings. The Kier molecular flexibility index (Phi) is 2.53. The van der Waals surface area contributed by atoms with Crippen LogP contribution in [0.3, 0.4) is 0 Å². The smallest absolute Gasteiger partial charge is 0.253 e. The van der Waals surface area contributed by atoms with Crippen LogP contribution in [0, 0.1) is 4.91 Å². The molecule has 1 aromatic rings. The number of hydrogen-bond donors (Lipinski definition) is 1. The van der Waals surface area contributed by atoms with Crippen molar-refractivity contribution in [3.8, 4) is 0 Å². The van der Waals surface area contributed by atoms with Crippen molar-refractivity contribution in [2.45, 2.75) is 0 Å². The predicted octanol–water partition coefficient (Wildman–Crippen LogP) is 1.44. The van der Waals surface area contributed by atoms with Crippen LogP contribution in [0.25, 0.3) is 0 Å². The van der Waals surface area contributed by atoms with Gasteiger partial charge in [0.05, 0.1) is 5.56 Å². The molecule has 4 nitrogen and oxygen atoms in total. The van der Waals surface area contributed by atoms with E-state index >= 15 is 0 Å². The van der Waals surface area contributed by atoms with E-state index in [0.29, 0.717) is 5.56 Å². The first-order valence-corrected chi connectivity index (χ1v) is 3.44. The second-order valence-electron chi connectivity index (χ2n) is 2.19. The van der Waals surface area contributed by atoms with Crippen LogP contribution in [-0.4, -0.2) is 13.0 Å². The number of carbonyl (C=O) groups is 1. The molecule has 0 aliphatic heterocycles. The molecule has 1 N–H and O–H groups in total. The highest BCUT2D eigenvalue weighted by Crippen LogP contribution is 2.17. The number of rotatable bonds is 2. The molecule has 0 aromatic heterocycles. The Balaban J connectivity index is 3.13. The first-order valence-electron chi connectivity index (χ1n) is 3.44. The fourth-order valence-electron chi connectivity index (χ4n) is 0.880. The fourth-order valence-corrected chi connectivity index (χ4v) is 0.880. The van der Waals surface area contributed by atoms with Crippen LogP contribution in [0.2, 0.25) is 0 Å². The zero-order chi connectivity index (χ0) is 8.97. The molecule has 0 saturated heterocycles. The third-order valence-corrected chi connectivity index (χ3v) is 1.47. The number of carbonyl (C=O) groups excluding carboxylic acids is 1. The molecule has 0 heterocycles. The van der Waals surface area contributed by atoms with Crippen LogP contribution >= 0.6 is 0 Å². The Morgan fingerprint density at radius 3 is 2.67 bits per heavy atom. The normalized spacial score (nSPS) is 9.08. The monoisotopic (exact) mass is 164 g/mol. The first kappa shape index (κ1) is 8.39. The van der Waals surface area contributed by atoms with Gasteiger partial charge in [-0.25, -0.2) is 0 Å². The molecule has 1 rings (SSSR count). The van der Waals surface area contributed by atoms with Crippen LogP contribution < -0.4 is 5.32 Å². The lowest BCUT2D eigenvalue weighted by Crippen LogP contribution is -2.17. The minimum absolute atomic E-state index is 0.164. The van der Waals surface area contributed by atoms with E-state index in [4.69, 9.17) is 0 Å². The molecular formula is C8H8N2O2. The van der Waals surface area contributed by atoms with E-state index in [0.717, 1.165) is 0 Å². The van der Waals surface area contributed by atoms with Crippen molar-refractivity contribution >= 4 is 11.6 Å². The van der Waals surface area contributed by atoms with Crippen LogP contribution in [0.15, 0.2) is 29.4 Å². The zero-order valence-electron chi connectivity index (χ0n) is 6.57. The molecule has 12 heavy (non-hydrogen) atoms. The van der Waals surface area contributed by atoms with Crippen molar-refractivity contribution in [3.63, 3.8) is 0 Å². The highest BCUT2D eigenvalue weighted by Gasteiger charge is 2.08. The predicted molar refractivity (Wildman–Crippen MR) is 45.3 cm³/mol. The summed E-state index contributed by atoms with van der Waals surface area (Å²) in [7, 11) is 1.50. The molecule has 1 amide bonds. The van der Waals surface area contributed by atoms with Gasteiger partial charge < -0.3 is 5.32 Å². The van der Waals surface area contributed by atoms with Gasteiger partial charge in [0.25, 0.3) is 5.91 Å². The number of nitrogens with one attached hydrogen (secondary N) is 1. The first-order chi connectivity index (χ1) is 5.79. The molecule has 0 bridgehead atoms. The standard InChI is InChI=1S/C8H8N2O2/c1-9-8(11)6-4-2-3-5-7(6)10-12/h2-5H,1H3,(H,9,11). The number of hydrogen-bond acceptors (Lipinski definition) is 3. The summed E-state index contributed by atoms with van der Waals surface area (Å²) in [5.41, 5.74) is 0.465. The van der Waals surface area contributed by atoms with Crippen LogP contribution in [0.5, 0.6) is 0 Å². The average molecular weight is 164 g/mol. The summed E-state index contributed by atoms with van der Waals surface area (Å²) in [4.78, 5) is 21.3. The SMILES string of the molecule is CNC(=O)c1ccccc1N=O. The third-order valence-electron chi connectivity index (χ3n) is 1.47. The largest absolute Gasteiger partial charge is 0.355 e. The lowest BCUT2D eigenvalue weighted by atomic mass is 10.2. The molecule has 0 atom stereocenters. The Morgan fingerprint density at radius 1 is 1.42 bits per heavy atom. The topological polar surface area (TPSA) is 58.5 Å². The minimum Gasteiger partial charge on any atom is -0.355 e. The lowest BCUT2D eigenvalue weighted by Gasteiger charge is -1.99. The van der Waals surface area contributed by atoms with Crippen LogP contribution in [-0.2, 0) is 0 Å². The van der Waals surface area contributed by atoms with E-state index in [1.165, 1.54) is 13.1 Å². The molecule has 0 saturated carbocycles. The molecule has 62 valence electrons. The van der Waals surface area contributed by atoms with Crippen LogP contribution in [0.4, 0.5) is 5.69 Å². The number of amides is 1.